The average Bonchev–Trinajstić information content (AvgIpc) is 2.44. The molecule has 0 aliphatic carbocycles. The molecule has 1 unspecified atom stereocenters. The van der Waals surface area contributed by atoms with Crippen LogP contribution in [0.2, 0.25) is 0 Å². The molecule has 2 N–H and O–H groups in total. The fraction of sp³-hybridized carbons (Fsp3) is 0.529. The van der Waals surface area contributed by atoms with Gasteiger partial charge in [0.1, 0.15) is 6.10 Å². The van der Waals surface area contributed by atoms with Crippen LogP contribution in [0, 0.1) is 0 Å². The highest BCUT2D eigenvalue weighted by atomic mass is 79.9. The first kappa shape index (κ1) is 17.8. The number of nitrogens with two attached hydrogens (primary N) is 1. The molecule has 23 heavy (non-hydrogen) atoms. The summed E-state index contributed by atoms with van der Waals surface area (Å²) in [5, 5.41) is 0. The Morgan fingerprint density at radius 3 is 2.70 bits per heavy atom. The van der Waals surface area contributed by atoms with Gasteiger partial charge in [-0.15, -0.1) is 0 Å². The van der Waals surface area contributed by atoms with Gasteiger partial charge in [-0.05, 0) is 51.9 Å². The summed E-state index contributed by atoms with van der Waals surface area (Å²) in [6.45, 7) is 7.69. The second-order valence-corrected chi connectivity index (χ2v) is 7.77. The second-order valence-electron chi connectivity index (χ2n) is 6.91. The quantitative estimate of drug-likeness (QED) is 0.810. The first-order valence-electron chi connectivity index (χ1n) is 7.72. The highest BCUT2D eigenvalue weighted by Crippen LogP contribution is 2.36. The van der Waals surface area contributed by atoms with Crippen molar-refractivity contribution in [3.8, 4) is 0 Å². The molecule has 1 fully saturated rings. The molecule has 1 amide bonds. The molecule has 5 nitrogen and oxygen atoms in total. The molecule has 126 valence electrons. The second kappa shape index (κ2) is 6.91. The molecule has 1 atom stereocenters. The van der Waals surface area contributed by atoms with Crippen molar-refractivity contribution in [2.24, 2.45) is 5.73 Å². The van der Waals surface area contributed by atoms with Crippen molar-refractivity contribution in [3.05, 3.63) is 27.7 Å². The molecule has 6 heteroatoms. The molecule has 0 spiro atoms. The van der Waals surface area contributed by atoms with Crippen LogP contribution in [0.5, 0.6) is 0 Å². The lowest BCUT2D eigenvalue weighted by Gasteiger charge is -2.35. The molecule has 1 aliphatic heterocycles. The van der Waals surface area contributed by atoms with E-state index in [1.165, 1.54) is 0 Å². The molecule has 1 heterocycles. The minimum atomic E-state index is -0.755. The van der Waals surface area contributed by atoms with Crippen LogP contribution in [0.15, 0.2) is 16.6 Å². The zero-order valence-electron chi connectivity index (χ0n) is 13.8. The molecule has 1 aliphatic rings. The van der Waals surface area contributed by atoms with Crippen molar-refractivity contribution in [2.45, 2.75) is 45.1 Å². The van der Waals surface area contributed by atoms with Gasteiger partial charge in [0.15, 0.2) is 6.29 Å². The standard InChI is InChI=1S/C17H23BrN2O3/c1-17(2,3)12-7-11(10-21)15(14(18)8-12)20-6-4-5-13(9-20)23-16(19)22/h7-8,10,13H,4-6,9H2,1-3H3,(H2,19,22). The van der Waals surface area contributed by atoms with Gasteiger partial charge in [0.2, 0.25) is 0 Å². The van der Waals surface area contributed by atoms with Crippen molar-refractivity contribution in [2.75, 3.05) is 18.0 Å². The van der Waals surface area contributed by atoms with Crippen LogP contribution in [0.3, 0.4) is 0 Å². The average molecular weight is 383 g/mol. The Morgan fingerprint density at radius 1 is 1.43 bits per heavy atom. The highest BCUT2D eigenvalue weighted by molar-refractivity contribution is 9.10. The fourth-order valence-corrected chi connectivity index (χ4v) is 3.60. The Kier molecular flexibility index (Phi) is 5.34. The van der Waals surface area contributed by atoms with Gasteiger partial charge in [-0.1, -0.05) is 20.8 Å². The van der Waals surface area contributed by atoms with Gasteiger partial charge in [0, 0.05) is 16.6 Å². The molecule has 1 saturated heterocycles. The molecule has 0 aromatic heterocycles. The number of rotatable bonds is 3. The van der Waals surface area contributed by atoms with Crippen LogP contribution in [0.25, 0.3) is 0 Å². The van der Waals surface area contributed by atoms with Crippen molar-refractivity contribution < 1.29 is 14.3 Å². The topological polar surface area (TPSA) is 72.6 Å². The van der Waals surface area contributed by atoms with Gasteiger partial charge in [0.25, 0.3) is 0 Å². The first-order chi connectivity index (χ1) is 10.7. The number of carbonyl (C=O) groups excluding carboxylic acids is 2. The van der Waals surface area contributed by atoms with Crippen LogP contribution in [-0.2, 0) is 10.2 Å². The molecule has 2 rings (SSSR count). The maximum atomic E-state index is 11.6. The number of nitrogens with zero attached hydrogens (tertiary/aromatic N) is 1. The third-order valence-electron chi connectivity index (χ3n) is 4.06. The Hall–Kier alpha value is -1.56. The number of hydrogen-bond acceptors (Lipinski definition) is 4. The smallest absolute Gasteiger partial charge is 0.404 e. The maximum absolute atomic E-state index is 11.6. The van der Waals surface area contributed by atoms with E-state index < -0.39 is 6.09 Å². The molecular weight excluding hydrogens is 360 g/mol. The van der Waals surface area contributed by atoms with E-state index in [2.05, 4.69) is 47.7 Å². The van der Waals surface area contributed by atoms with Crippen LogP contribution in [0.4, 0.5) is 10.5 Å². The summed E-state index contributed by atoms with van der Waals surface area (Å²) in [5.74, 6) is 0. The van der Waals surface area contributed by atoms with Gasteiger partial charge < -0.3 is 15.4 Å². The predicted molar refractivity (Wildman–Crippen MR) is 94.1 cm³/mol. The van der Waals surface area contributed by atoms with Crippen molar-refractivity contribution in [1.29, 1.82) is 0 Å². The zero-order valence-corrected chi connectivity index (χ0v) is 15.4. The van der Waals surface area contributed by atoms with E-state index in [1.54, 1.807) is 0 Å². The SMILES string of the molecule is CC(C)(C)c1cc(Br)c(N2CCCC(OC(N)=O)C2)c(C=O)c1. The van der Waals surface area contributed by atoms with E-state index in [4.69, 9.17) is 10.5 Å². The van der Waals surface area contributed by atoms with Crippen LogP contribution in [0.1, 0.15) is 49.5 Å². The van der Waals surface area contributed by atoms with E-state index in [9.17, 15) is 9.59 Å². The van der Waals surface area contributed by atoms with E-state index >= 15 is 0 Å². The summed E-state index contributed by atoms with van der Waals surface area (Å²) in [6, 6.07) is 3.99. The number of carbonyl (C=O) groups is 2. The number of aldehydes is 1. The molecule has 1 aromatic carbocycles. The fourth-order valence-electron chi connectivity index (χ4n) is 2.88. The maximum Gasteiger partial charge on any atom is 0.404 e. The van der Waals surface area contributed by atoms with E-state index in [0.29, 0.717) is 12.1 Å². The van der Waals surface area contributed by atoms with Gasteiger partial charge in [-0.25, -0.2) is 4.79 Å². The van der Waals surface area contributed by atoms with Crippen LogP contribution in [-0.4, -0.2) is 31.6 Å². The Balaban J connectivity index is 2.35. The number of benzene rings is 1. The summed E-state index contributed by atoms with van der Waals surface area (Å²) in [7, 11) is 0. The first-order valence-corrected chi connectivity index (χ1v) is 8.52. The molecule has 1 aromatic rings. The minimum absolute atomic E-state index is 0.0433. The Bertz CT molecular complexity index is 611. The van der Waals surface area contributed by atoms with E-state index in [1.807, 2.05) is 6.07 Å². The van der Waals surface area contributed by atoms with Crippen molar-refractivity contribution in [1.82, 2.24) is 0 Å². The molecule has 0 radical (unpaired) electrons. The summed E-state index contributed by atoms with van der Waals surface area (Å²) < 4.78 is 6.01. The normalized spacial score (nSPS) is 18.6. The third kappa shape index (κ3) is 4.25. The van der Waals surface area contributed by atoms with Gasteiger partial charge >= 0.3 is 6.09 Å². The lowest BCUT2D eigenvalue weighted by atomic mass is 9.86. The van der Waals surface area contributed by atoms with E-state index in [0.717, 1.165) is 41.4 Å². The number of amides is 1. The molecule has 0 saturated carbocycles. The summed E-state index contributed by atoms with van der Waals surface area (Å²) >= 11 is 3.60. The van der Waals surface area contributed by atoms with Crippen LogP contribution >= 0.6 is 15.9 Å². The molecular formula is C17H23BrN2O3. The van der Waals surface area contributed by atoms with E-state index in [-0.39, 0.29) is 11.5 Å². The summed E-state index contributed by atoms with van der Waals surface area (Å²) in [4.78, 5) is 24.7. The number of primary amides is 1. The van der Waals surface area contributed by atoms with Crippen LogP contribution < -0.4 is 10.6 Å². The number of halogens is 1. The summed E-state index contributed by atoms with van der Waals surface area (Å²) in [6.07, 6.45) is 1.55. The molecule has 0 bridgehead atoms. The highest BCUT2D eigenvalue weighted by Gasteiger charge is 2.27. The number of anilines is 1. The Labute approximate surface area is 145 Å². The minimum Gasteiger partial charge on any atom is -0.445 e. The van der Waals surface area contributed by atoms with Gasteiger partial charge in [-0.3, -0.25) is 4.79 Å². The number of ether oxygens (including phenoxy) is 1. The Morgan fingerprint density at radius 2 is 2.13 bits per heavy atom. The van der Waals surface area contributed by atoms with Gasteiger partial charge in [0.05, 0.1) is 12.2 Å². The lowest BCUT2D eigenvalue weighted by molar-refractivity contribution is 0.0963. The largest absolute Gasteiger partial charge is 0.445 e. The zero-order chi connectivity index (χ0) is 17.2. The number of piperidine rings is 1. The van der Waals surface area contributed by atoms with Crippen molar-refractivity contribution in [3.63, 3.8) is 0 Å². The van der Waals surface area contributed by atoms with Crippen molar-refractivity contribution >= 4 is 34.0 Å². The third-order valence-corrected chi connectivity index (χ3v) is 4.67. The predicted octanol–water partition coefficient (Wildman–Crippen LogP) is 3.62. The monoisotopic (exact) mass is 382 g/mol. The lowest BCUT2D eigenvalue weighted by Crippen LogP contribution is -2.42. The number of hydrogen-bond donors (Lipinski definition) is 1. The van der Waals surface area contributed by atoms with Gasteiger partial charge in [-0.2, -0.15) is 0 Å². The summed E-state index contributed by atoms with van der Waals surface area (Å²) in [5.41, 5.74) is 7.66.